The molecule has 0 saturated heterocycles. The van der Waals surface area contributed by atoms with Gasteiger partial charge in [0.15, 0.2) is 0 Å². The number of hydrogen-bond acceptors (Lipinski definition) is 2. The molecule has 0 saturated carbocycles. The van der Waals surface area contributed by atoms with Crippen molar-refractivity contribution in [3.63, 3.8) is 0 Å². The van der Waals surface area contributed by atoms with E-state index in [1.165, 1.54) is 0 Å². The Hall–Kier alpha value is -0.890. The van der Waals surface area contributed by atoms with Crippen LogP contribution in [0.4, 0.5) is 0 Å². The average Bonchev–Trinajstić information content (AvgIpc) is 1.88. The van der Waals surface area contributed by atoms with E-state index in [2.05, 4.69) is 4.98 Å². The van der Waals surface area contributed by atoms with Gasteiger partial charge in [0.25, 0.3) is 0 Å². The average molecular weight is 137 g/mol. The van der Waals surface area contributed by atoms with Gasteiger partial charge >= 0.3 is 0 Å². The minimum absolute atomic E-state index is 0.0338. The Balaban J connectivity index is 3.07. The van der Waals surface area contributed by atoms with Crippen LogP contribution in [0, 0.1) is 13.8 Å². The SMILES string of the molecule is Cc1cnc(CO)c(C)c1. The molecule has 0 fully saturated rings. The monoisotopic (exact) mass is 137 g/mol. The van der Waals surface area contributed by atoms with E-state index in [1.807, 2.05) is 19.9 Å². The smallest absolute Gasteiger partial charge is 0.0855 e. The van der Waals surface area contributed by atoms with Crippen molar-refractivity contribution in [3.05, 3.63) is 29.1 Å². The van der Waals surface area contributed by atoms with Crippen LogP contribution in [-0.4, -0.2) is 10.1 Å². The lowest BCUT2D eigenvalue weighted by Crippen LogP contribution is -1.93. The Morgan fingerprint density at radius 2 is 2.20 bits per heavy atom. The first-order valence-electron chi connectivity index (χ1n) is 3.27. The van der Waals surface area contributed by atoms with Gasteiger partial charge in [0.2, 0.25) is 0 Å². The molecule has 2 heteroatoms. The van der Waals surface area contributed by atoms with Crippen molar-refractivity contribution in [1.29, 1.82) is 0 Å². The zero-order valence-electron chi connectivity index (χ0n) is 6.26. The van der Waals surface area contributed by atoms with Gasteiger partial charge in [0, 0.05) is 6.20 Å². The molecule has 0 radical (unpaired) electrons. The highest BCUT2D eigenvalue weighted by Crippen LogP contribution is 2.05. The van der Waals surface area contributed by atoms with E-state index in [-0.39, 0.29) is 6.61 Å². The Kier molecular flexibility index (Phi) is 2.02. The van der Waals surface area contributed by atoms with Crippen molar-refractivity contribution in [2.24, 2.45) is 0 Å². The van der Waals surface area contributed by atoms with E-state index in [0.29, 0.717) is 0 Å². The number of rotatable bonds is 1. The van der Waals surface area contributed by atoms with Crippen molar-refractivity contribution in [1.82, 2.24) is 4.98 Å². The lowest BCUT2D eigenvalue weighted by molar-refractivity contribution is 0.276. The summed E-state index contributed by atoms with van der Waals surface area (Å²) in [5, 5.41) is 8.75. The summed E-state index contributed by atoms with van der Waals surface area (Å²) in [6.07, 6.45) is 1.76. The lowest BCUT2D eigenvalue weighted by Gasteiger charge is -2.00. The first-order valence-corrected chi connectivity index (χ1v) is 3.27. The fourth-order valence-electron chi connectivity index (χ4n) is 0.909. The lowest BCUT2D eigenvalue weighted by atomic mass is 10.2. The van der Waals surface area contributed by atoms with Gasteiger partial charge in [-0.15, -0.1) is 0 Å². The first-order chi connectivity index (χ1) is 4.74. The third-order valence-corrected chi connectivity index (χ3v) is 1.47. The highest BCUT2D eigenvalue weighted by Gasteiger charge is 1.95. The quantitative estimate of drug-likeness (QED) is 0.630. The number of nitrogens with zero attached hydrogens (tertiary/aromatic N) is 1. The Labute approximate surface area is 60.5 Å². The molecule has 0 amide bonds. The Morgan fingerprint density at radius 3 is 2.70 bits per heavy atom. The fraction of sp³-hybridized carbons (Fsp3) is 0.375. The molecule has 0 atom stereocenters. The maximum atomic E-state index is 8.75. The highest BCUT2D eigenvalue weighted by molar-refractivity contribution is 5.22. The van der Waals surface area contributed by atoms with Crippen molar-refractivity contribution >= 4 is 0 Å². The van der Waals surface area contributed by atoms with E-state index in [9.17, 15) is 0 Å². The van der Waals surface area contributed by atoms with E-state index in [4.69, 9.17) is 5.11 Å². The molecule has 2 nitrogen and oxygen atoms in total. The minimum Gasteiger partial charge on any atom is -0.390 e. The molecule has 54 valence electrons. The van der Waals surface area contributed by atoms with Crippen molar-refractivity contribution in [2.75, 3.05) is 0 Å². The summed E-state index contributed by atoms with van der Waals surface area (Å²) in [4.78, 5) is 4.05. The highest BCUT2D eigenvalue weighted by atomic mass is 16.3. The summed E-state index contributed by atoms with van der Waals surface area (Å²) in [7, 11) is 0. The maximum Gasteiger partial charge on any atom is 0.0855 e. The van der Waals surface area contributed by atoms with Crippen LogP contribution in [0.2, 0.25) is 0 Å². The molecule has 1 aromatic heterocycles. The minimum atomic E-state index is 0.0338. The fourth-order valence-corrected chi connectivity index (χ4v) is 0.909. The molecule has 0 aliphatic heterocycles. The van der Waals surface area contributed by atoms with Crippen molar-refractivity contribution < 1.29 is 5.11 Å². The van der Waals surface area contributed by atoms with Crippen LogP contribution < -0.4 is 0 Å². The summed E-state index contributed by atoms with van der Waals surface area (Å²) < 4.78 is 0. The molecule has 1 heterocycles. The molecule has 0 aliphatic carbocycles. The maximum absolute atomic E-state index is 8.75. The van der Waals surface area contributed by atoms with E-state index in [0.717, 1.165) is 16.8 Å². The summed E-state index contributed by atoms with van der Waals surface area (Å²) >= 11 is 0. The van der Waals surface area contributed by atoms with Gasteiger partial charge in [0.1, 0.15) is 0 Å². The largest absolute Gasteiger partial charge is 0.390 e. The zero-order valence-corrected chi connectivity index (χ0v) is 6.26. The van der Waals surface area contributed by atoms with Crippen LogP contribution in [0.3, 0.4) is 0 Å². The third kappa shape index (κ3) is 1.33. The van der Waals surface area contributed by atoms with E-state index in [1.54, 1.807) is 6.20 Å². The molecule has 1 N–H and O–H groups in total. The summed E-state index contributed by atoms with van der Waals surface area (Å²) in [6.45, 7) is 3.97. The van der Waals surface area contributed by atoms with Crippen LogP contribution in [0.15, 0.2) is 12.3 Å². The number of aromatic nitrogens is 1. The molecule has 1 aromatic rings. The van der Waals surface area contributed by atoms with Crippen LogP contribution in [0.5, 0.6) is 0 Å². The first kappa shape index (κ1) is 7.22. The molecule has 0 spiro atoms. The molecule has 0 unspecified atom stereocenters. The molecule has 0 aromatic carbocycles. The summed E-state index contributed by atoms with van der Waals surface area (Å²) in [6, 6.07) is 2.01. The topological polar surface area (TPSA) is 33.1 Å². The third-order valence-electron chi connectivity index (χ3n) is 1.47. The van der Waals surface area contributed by atoms with Crippen LogP contribution >= 0.6 is 0 Å². The van der Waals surface area contributed by atoms with Crippen LogP contribution in [0.1, 0.15) is 16.8 Å². The Morgan fingerprint density at radius 1 is 1.50 bits per heavy atom. The van der Waals surface area contributed by atoms with Crippen molar-refractivity contribution in [3.8, 4) is 0 Å². The second kappa shape index (κ2) is 2.80. The number of aryl methyl sites for hydroxylation is 2. The molecule has 0 aliphatic rings. The number of pyridine rings is 1. The molecular weight excluding hydrogens is 126 g/mol. The van der Waals surface area contributed by atoms with Gasteiger partial charge in [-0.2, -0.15) is 0 Å². The predicted molar refractivity (Wildman–Crippen MR) is 39.6 cm³/mol. The van der Waals surface area contributed by atoms with Gasteiger partial charge in [-0.05, 0) is 25.0 Å². The van der Waals surface area contributed by atoms with Gasteiger partial charge in [-0.25, -0.2) is 0 Å². The van der Waals surface area contributed by atoms with Gasteiger partial charge < -0.3 is 5.11 Å². The molecule has 1 rings (SSSR count). The van der Waals surface area contributed by atoms with Crippen molar-refractivity contribution in [2.45, 2.75) is 20.5 Å². The summed E-state index contributed by atoms with van der Waals surface area (Å²) in [5.41, 5.74) is 2.96. The second-order valence-corrected chi connectivity index (χ2v) is 2.43. The molecule has 0 bridgehead atoms. The Bertz CT molecular complexity index is 233. The molecular formula is C8H11NO. The van der Waals surface area contributed by atoms with Crippen LogP contribution in [0.25, 0.3) is 0 Å². The number of hydrogen-bond donors (Lipinski definition) is 1. The van der Waals surface area contributed by atoms with E-state index >= 15 is 0 Å². The normalized spacial score (nSPS) is 9.90. The van der Waals surface area contributed by atoms with Gasteiger partial charge in [0.05, 0.1) is 12.3 Å². The zero-order chi connectivity index (χ0) is 7.56. The van der Waals surface area contributed by atoms with Gasteiger partial charge in [-0.3, -0.25) is 4.98 Å². The van der Waals surface area contributed by atoms with Crippen LogP contribution in [-0.2, 0) is 6.61 Å². The molecule has 10 heavy (non-hydrogen) atoms. The second-order valence-electron chi connectivity index (χ2n) is 2.43. The number of aliphatic hydroxyl groups is 1. The van der Waals surface area contributed by atoms with E-state index < -0.39 is 0 Å². The van der Waals surface area contributed by atoms with Gasteiger partial charge in [-0.1, -0.05) is 6.07 Å². The standard InChI is InChI=1S/C8H11NO/c1-6-3-7(2)8(5-10)9-4-6/h3-4,10H,5H2,1-2H3. The summed E-state index contributed by atoms with van der Waals surface area (Å²) in [5.74, 6) is 0. The predicted octanol–water partition coefficient (Wildman–Crippen LogP) is 1.19. The number of aliphatic hydroxyl groups excluding tert-OH is 1.